The first-order chi connectivity index (χ1) is 11.7. The topological polar surface area (TPSA) is 41.6 Å². The van der Waals surface area contributed by atoms with E-state index in [2.05, 4.69) is 47.5 Å². The van der Waals surface area contributed by atoms with Gasteiger partial charge in [0.05, 0.1) is 11.6 Å². The highest BCUT2D eigenvalue weighted by Gasteiger charge is 2.45. The Labute approximate surface area is 145 Å². The van der Waals surface area contributed by atoms with Crippen molar-refractivity contribution in [3.63, 3.8) is 0 Å². The number of piperidine rings is 1. The molecule has 24 heavy (non-hydrogen) atoms. The van der Waals surface area contributed by atoms with Crippen molar-refractivity contribution in [2.75, 3.05) is 26.2 Å². The van der Waals surface area contributed by atoms with Gasteiger partial charge in [0.25, 0.3) is 0 Å². The van der Waals surface area contributed by atoms with E-state index < -0.39 is 0 Å². The van der Waals surface area contributed by atoms with Crippen molar-refractivity contribution in [3.8, 4) is 0 Å². The van der Waals surface area contributed by atoms with E-state index in [0.29, 0.717) is 0 Å². The number of nitrogens with one attached hydrogen (secondary N) is 1. The second-order valence-electron chi connectivity index (χ2n) is 7.19. The number of amides is 1. The van der Waals surface area contributed by atoms with E-state index in [1.807, 2.05) is 0 Å². The molecule has 2 saturated heterocycles. The van der Waals surface area contributed by atoms with Crippen molar-refractivity contribution in [1.82, 2.24) is 10.2 Å². The van der Waals surface area contributed by atoms with Crippen molar-refractivity contribution in [1.29, 1.82) is 0 Å². The van der Waals surface area contributed by atoms with Crippen LogP contribution in [0.3, 0.4) is 0 Å². The van der Waals surface area contributed by atoms with E-state index in [1.54, 1.807) is 0 Å². The molecular formula is C20H30N2O2. The monoisotopic (exact) mass is 330 g/mol. The first-order valence-electron chi connectivity index (χ1n) is 9.41. The van der Waals surface area contributed by atoms with Crippen LogP contribution in [0.25, 0.3) is 0 Å². The van der Waals surface area contributed by atoms with Gasteiger partial charge in [0.15, 0.2) is 0 Å². The summed E-state index contributed by atoms with van der Waals surface area (Å²) in [6, 6.07) is 10.9. The van der Waals surface area contributed by atoms with Gasteiger partial charge in [-0.15, -0.1) is 0 Å². The average molecular weight is 330 g/mol. The van der Waals surface area contributed by atoms with Crippen molar-refractivity contribution in [2.24, 2.45) is 0 Å². The van der Waals surface area contributed by atoms with E-state index in [4.69, 9.17) is 4.74 Å². The molecule has 0 bridgehead atoms. The molecule has 0 aromatic heterocycles. The van der Waals surface area contributed by atoms with Crippen LogP contribution in [0.1, 0.15) is 44.6 Å². The fourth-order valence-corrected chi connectivity index (χ4v) is 4.00. The highest BCUT2D eigenvalue weighted by molar-refractivity contribution is 5.78. The first-order valence-corrected chi connectivity index (χ1v) is 9.41. The molecular weight excluding hydrogens is 300 g/mol. The van der Waals surface area contributed by atoms with Gasteiger partial charge in [0.2, 0.25) is 5.91 Å². The van der Waals surface area contributed by atoms with E-state index in [0.717, 1.165) is 58.2 Å². The number of likely N-dealkylation sites (tertiary alicyclic amines) is 1. The largest absolute Gasteiger partial charge is 0.363 e. The summed E-state index contributed by atoms with van der Waals surface area (Å²) < 4.78 is 6.10. The number of ether oxygens (including phenoxy) is 1. The van der Waals surface area contributed by atoms with E-state index in [-0.39, 0.29) is 24.2 Å². The molecule has 2 aliphatic heterocycles. The van der Waals surface area contributed by atoms with E-state index in [1.165, 1.54) is 5.56 Å². The lowest BCUT2D eigenvalue weighted by atomic mass is 9.80. The summed E-state index contributed by atoms with van der Waals surface area (Å²) in [4.78, 5) is 14.3. The van der Waals surface area contributed by atoms with E-state index >= 15 is 0 Å². The highest BCUT2D eigenvalue weighted by atomic mass is 16.5. The third-order valence-electron chi connectivity index (χ3n) is 5.57. The Hall–Kier alpha value is -1.39. The van der Waals surface area contributed by atoms with Crippen LogP contribution in [0.4, 0.5) is 0 Å². The SMILES string of the molecule is CCCCC1NC(=O)COC12CCN(CCc1ccccc1)CC2. The van der Waals surface area contributed by atoms with E-state index in [9.17, 15) is 4.79 Å². The number of hydrogen-bond donors (Lipinski definition) is 1. The van der Waals surface area contributed by atoms with Crippen molar-refractivity contribution >= 4 is 5.91 Å². The molecule has 4 heteroatoms. The number of carbonyl (C=O) groups is 1. The molecule has 1 aromatic rings. The number of unbranched alkanes of at least 4 members (excludes halogenated alkanes) is 1. The van der Waals surface area contributed by atoms with Crippen LogP contribution in [0.5, 0.6) is 0 Å². The lowest BCUT2D eigenvalue weighted by Crippen LogP contribution is -2.63. The molecule has 0 saturated carbocycles. The van der Waals surface area contributed by atoms with Crippen molar-refractivity contribution in [2.45, 2.75) is 57.1 Å². The second kappa shape index (κ2) is 8.13. The molecule has 2 aliphatic rings. The summed E-state index contributed by atoms with van der Waals surface area (Å²) in [5.41, 5.74) is 1.27. The van der Waals surface area contributed by atoms with Gasteiger partial charge in [0.1, 0.15) is 6.61 Å². The Bertz CT molecular complexity index is 524. The van der Waals surface area contributed by atoms with Gasteiger partial charge >= 0.3 is 0 Å². The van der Waals surface area contributed by atoms with Crippen LogP contribution < -0.4 is 5.32 Å². The van der Waals surface area contributed by atoms with Crippen molar-refractivity contribution < 1.29 is 9.53 Å². The predicted molar refractivity (Wildman–Crippen MR) is 96.0 cm³/mol. The quantitative estimate of drug-likeness (QED) is 0.872. The molecule has 1 unspecified atom stereocenters. The van der Waals surface area contributed by atoms with Gasteiger partial charge in [-0.3, -0.25) is 4.79 Å². The number of nitrogens with zero attached hydrogens (tertiary/aromatic N) is 1. The number of morpholine rings is 1. The fourth-order valence-electron chi connectivity index (χ4n) is 4.00. The average Bonchev–Trinajstić information content (AvgIpc) is 2.63. The van der Waals surface area contributed by atoms with Crippen LogP contribution in [-0.2, 0) is 16.0 Å². The minimum absolute atomic E-state index is 0.0493. The summed E-state index contributed by atoms with van der Waals surface area (Å²) in [5, 5.41) is 3.20. The molecule has 0 radical (unpaired) electrons. The minimum Gasteiger partial charge on any atom is -0.363 e. The van der Waals surface area contributed by atoms with Gasteiger partial charge in [-0.1, -0.05) is 50.1 Å². The predicted octanol–water partition coefficient (Wildman–Crippen LogP) is 2.77. The molecule has 1 aromatic carbocycles. The number of hydrogen-bond acceptors (Lipinski definition) is 3. The molecule has 1 atom stereocenters. The lowest BCUT2D eigenvalue weighted by Gasteiger charge is -2.48. The highest BCUT2D eigenvalue weighted by Crippen LogP contribution is 2.34. The molecule has 2 heterocycles. The van der Waals surface area contributed by atoms with Gasteiger partial charge in [-0.25, -0.2) is 0 Å². The van der Waals surface area contributed by atoms with Gasteiger partial charge < -0.3 is 15.0 Å². The summed E-state index contributed by atoms with van der Waals surface area (Å²) >= 11 is 0. The molecule has 1 spiro atoms. The Morgan fingerprint density at radius 1 is 1.25 bits per heavy atom. The van der Waals surface area contributed by atoms with Gasteiger partial charge in [-0.05, 0) is 31.2 Å². The van der Waals surface area contributed by atoms with Crippen LogP contribution in [-0.4, -0.2) is 48.7 Å². The molecule has 4 nitrogen and oxygen atoms in total. The standard InChI is InChI=1S/C20H30N2O2/c1-2-3-9-18-20(24-16-19(23)21-18)11-14-22(15-12-20)13-10-17-7-5-4-6-8-17/h4-8,18H,2-3,9-16H2,1H3,(H,21,23). The molecule has 1 amide bonds. The maximum Gasteiger partial charge on any atom is 0.246 e. The van der Waals surface area contributed by atoms with Crippen LogP contribution in [0, 0.1) is 0 Å². The number of benzene rings is 1. The Kier molecular flexibility index (Phi) is 5.90. The summed E-state index contributed by atoms with van der Waals surface area (Å²) in [6.07, 6.45) is 6.49. The minimum atomic E-state index is -0.133. The van der Waals surface area contributed by atoms with Gasteiger partial charge in [-0.2, -0.15) is 0 Å². The Morgan fingerprint density at radius 2 is 2.00 bits per heavy atom. The zero-order valence-electron chi connectivity index (χ0n) is 14.8. The van der Waals surface area contributed by atoms with Crippen LogP contribution >= 0.6 is 0 Å². The number of rotatable bonds is 6. The fraction of sp³-hybridized carbons (Fsp3) is 0.650. The molecule has 0 aliphatic carbocycles. The molecule has 132 valence electrons. The maximum atomic E-state index is 11.7. The molecule has 2 fully saturated rings. The second-order valence-corrected chi connectivity index (χ2v) is 7.19. The summed E-state index contributed by atoms with van der Waals surface area (Å²) in [5.74, 6) is 0.0493. The maximum absolute atomic E-state index is 11.7. The molecule has 1 N–H and O–H groups in total. The smallest absolute Gasteiger partial charge is 0.246 e. The lowest BCUT2D eigenvalue weighted by molar-refractivity contribution is -0.162. The summed E-state index contributed by atoms with van der Waals surface area (Å²) in [7, 11) is 0. The third-order valence-corrected chi connectivity index (χ3v) is 5.57. The normalized spacial score (nSPS) is 24.0. The number of carbonyl (C=O) groups excluding carboxylic acids is 1. The van der Waals surface area contributed by atoms with Crippen molar-refractivity contribution in [3.05, 3.63) is 35.9 Å². The van der Waals surface area contributed by atoms with Gasteiger partial charge in [0, 0.05) is 19.6 Å². The Morgan fingerprint density at radius 3 is 2.71 bits per heavy atom. The van der Waals surface area contributed by atoms with Crippen LogP contribution in [0.15, 0.2) is 30.3 Å². The Balaban J connectivity index is 1.53. The zero-order valence-corrected chi connectivity index (χ0v) is 14.8. The summed E-state index contributed by atoms with van der Waals surface area (Å²) in [6.45, 7) is 5.65. The first kappa shape index (κ1) is 17.4. The molecule has 3 rings (SSSR count). The zero-order chi connectivity index (χ0) is 16.8. The third kappa shape index (κ3) is 4.17. The van der Waals surface area contributed by atoms with Crippen LogP contribution in [0.2, 0.25) is 0 Å².